The molecule has 3 aromatic heterocycles. The molecule has 0 saturated carbocycles. The van der Waals surface area contributed by atoms with Crippen LogP contribution in [0.3, 0.4) is 0 Å². The van der Waals surface area contributed by atoms with Crippen molar-refractivity contribution >= 4 is 89.1 Å². The van der Waals surface area contributed by atoms with Gasteiger partial charge < -0.3 is 57.9 Å². The van der Waals surface area contributed by atoms with Crippen molar-refractivity contribution in [2.75, 3.05) is 98.3 Å². The zero-order chi connectivity index (χ0) is 58.9. The molecule has 7 aromatic rings. The number of aromatic nitrogens is 6. The molecule has 9 heterocycles. The number of carbonyl (C=O) groups is 2. The zero-order valence-electron chi connectivity index (χ0n) is 49.3. The van der Waals surface area contributed by atoms with Crippen LogP contribution >= 0.6 is 27.0 Å². The third-order valence-corrected chi connectivity index (χ3v) is 17.0. The van der Waals surface area contributed by atoms with E-state index in [0.717, 1.165) is 104 Å². The summed E-state index contributed by atoms with van der Waals surface area (Å²) >= 11 is 0. The fraction of sp³-hybridized carbons (Fsp3) is 0.400. The van der Waals surface area contributed by atoms with E-state index in [0.29, 0.717) is 71.0 Å². The van der Waals surface area contributed by atoms with E-state index in [-0.39, 0.29) is 107 Å². The number of nitrogens with zero attached hydrogens (tertiary/aromatic N) is 15. The minimum absolute atomic E-state index is 0. The van der Waals surface area contributed by atoms with Gasteiger partial charge >= 0.3 is 12.0 Å². The molecule has 20 nitrogen and oxygen atoms in total. The number of allylic oxidation sites excluding steroid dienone is 1. The van der Waals surface area contributed by atoms with E-state index in [9.17, 15) is 9.59 Å². The summed E-state index contributed by atoms with van der Waals surface area (Å²) in [5.41, 5.74) is 7.36. The molecule has 1 unspecified atom stereocenters. The Balaban J connectivity index is 0.000000277. The van der Waals surface area contributed by atoms with Gasteiger partial charge in [0, 0.05) is 117 Å². The Labute approximate surface area is 556 Å². The molecule has 22 heteroatoms. The van der Waals surface area contributed by atoms with Gasteiger partial charge in [0.15, 0.2) is 0 Å². The Hall–Kier alpha value is -8.96. The predicted octanol–water partition coefficient (Wildman–Crippen LogP) is 11.6. The highest BCUT2D eigenvalue weighted by molar-refractivity contribution is 7.59. The number of amides is 2. The minimum Gasteiger partial charge on any atom is -0.457 e. The molecular weight excluding hydrogens is 1200 g/mol. The molecular formula is C70H89N15O5S2. The molecule has 92 heavy (non-hydrogen) atoms. The van der Waals surface area contributed by atoms with Crippen molar-refractivity contribution in [2.24, 2.45) is 4.99 Å². The summed E-state index contributed by atoms with van der Waals surface area (Å²) < 4.78 is 20.4. The van der Waals surface area contributed by atoms with Crippen LogP contribution in [0.5, 0.6) is 12.0 Å². The molecule has 3 atom stereocenters. The van der Waals surface area contributed by atoms with Gasteiger partial charge in [-0.15, -0.1) is 0 Å². The van der Waals surface area contributed by atoms with E-state index >= 15 is 0 Å². The highest BCUT2D eigenvalue weighted by Gasteiger charge is 2.37. The van der Waals surface area contributed by atoms with Crippen LogP contribution in [-0.4, -0.2) is 148 Å². The molecule has 0 bridgehead atoms. The number of aliphatic imine (C=N–C) groups is 1. The zero-order valence-corrected chi connectivity index (χ0v) is 51.3. The summed E-state index contributed by atoms with van der Waals surface area (Å²) in [7, 11) is 0. The van der Waals surface area contributed by atoms with Crippen molar-refractivity contribution in [3.05, 3.63) is 186 Å². The maximum atomic E-state index is 12.6. The molecule has 4 aromatic carbocycles. The molecule has 6 aliphatic heterocycles. The molecule has 3 fully saturated rings. The van der Waals surface area contributed by atoms with E-state index in [1.165, 1.54) is 45.1 Å². The number of anilines is 4. The summed E-state index contributed by atoms with van der Waals surface area (Å²) in [5, 5.41) is 4.84. The number of piperazine rings is 2. The van der Waals surface area contributed by atoms with Gasteiger partial charge in [-0.1, -0.05) is 122 Å². The third kappa shape index (κ3) is 15.7. The first-order chi connectivity index (χ1) is 42.3. The second-order valence-electron chi connectivity index (χ2n) is 22.1. The Bertz CT molecular complexity index is 3830. The molecule has 0 aliphatic carbocycles. The van der Waals surface area contributed by atoms with Gasteiger partial charge in [-0.25, -0.2) is 18.1 Å². The Morgan fingerprint density at radius 1 is 0.630 bits per heavy atom. The van der Waals surface area contributed by atoms with Crippen LogP contribution in [0.25, 0.3) is 31.2 Å². The first-order valence-corrected chi connectivity index (χ1v) is 29.6. The van der Waals surface area contributed by atoms with Gasteiger partial charge in [-0.05, 0) is 67.2 Å². The molecule has 6 aliphatic rings. The minimum atomic E-state index is -0.259. The number of rotatable bonds is 15. The second-order valence-corrected chi connectivity index (χ2v) is 22.1. The molecule has 0 spiro atoms. The highest BCUT2D eigenvalue weighted by Crippen LogP contribution is 2.37. The van der Waals surface area contributed by atoms with E-state index < -0.39 is 0 Å². The fourth-order valence-corrected chi connectivity index (χ4v) is 12.7. The lowest BCUT2D eigenvalue weighted by Gasteiger charge is -2.41. The fourth-order valence-electron chi connectivity index (χ4n) is 12.7. The number of benzene rings is 4. The number of imidazole rings is 1. The topological polar surface area (TPSA) is 172 Å². The predicted molar refractivity (Wildman–Crippen MR) is 380 cm³/mol. The van der Waals surface area contributed by atoms with Gasteiger partial charge in [-0.2, -0.15) is 46.9 Å². The summed E-state index contributed by atoms with van der Waals surface area (Å²) in [6, 6.07) is 29.8. The van der Waals surface area contributed by atoms with Crippen molar-refractivity contribution in [1.82, 2.24) is 39.3 Å². The Morgan fingerprint density at radius 2 is 1.14 bits per heavy atom. The Morgan fingerprint density at radius 3 is 1.62 bits per heavy atom. The van der Waals surface area contributed by atoms with Gasteiger partial charge in [0.2, 0.25) is 24.9 Å². The lowest BCUT2D eigenvalue weighted by molar-refractivity contribution is -0.129. The standard InChI is InChI=1S/C35H38N8O3.C31H31N7O2.4CH4.2H2S/c1-3-32(44)42-19-18-41(22-26(42)21-36-2)34-28-14-16-40(30-12-8-10-25-9-4-5-11-27(25)30)23-29(28)38-35(39-34)46-24-31-37-15-17-43(31)33-13-6-7-20-45-33;1-3-29(39)38-17-16-37(19-24(38)18-32-2)30-26-13-15-36(28-12-6-9-22-8-4-5-11-25(22)28)20-27(26)34-31(35-30)40-21-23-10-7-14-33-23;;;;;;/h3-5,8-12,15,17,26,33H,1,6-7,13-14,16,18-24H2;3-9,11-12,14,24H,1,10,13,15-21H2;4*1H4;2*1H2/t26-,33?;24-;;;;;;/m00....../s1. The van der Waals surface area contributed by atoms with Gasteiger partial charge in [0.1, 0.15) is 49.0 Å². The monoisotopic (exact) mass is 1280 g/mol. The summed E-state index contributed by atoms with van der Waals surface area (Å²) in [6.45, 7) is 30.1. The maximum absolute atomic E-state index is 12.6. The van der Waals surface area contributed by atoms with Crippen molar-refractivity contribution in [3.63, 3.8) is 0 Å². The number of carbonyl (C=O) groups excluding carboxylic acids is 2. The normalized spacial score (nSPS) is 17.9. The average molecular weight is 1280 g/mol. The molecule has 486 valence electrons. The first kappa shape index (κ1) is 72.1. The number of fused-ring (bicyclic) bond motifs is 4. The SMILES string of the molecule is C.C.C.C.S.S.[C-]#[N+]C[C@H]1CN(c2nc(OCC3=NC=CC3)nc3c2CCN(c2cccc4ccccc24)C3)CCN1C(=O)C=C.[C-]#[N+]C[C@H]1CN(c2nc(OCc3nccn3C3CCCCO3)nc3c2CCN(c2cccc4ccccc24)C3)CCN1C(=O)C=C. The van der Waals surface area contributed by atoms with Gasteiger partial charge in [0.25, 0.3) is 0 Å². The first-order valence-electron chi connectivity index (χ1n) is 29.6. The van der Waals surface area contributed by atoms with Crippen molar-refractivity contribution in [2.45, 2.75) is 106 Å². The van der Waals surface area contributed by atoms with Crippen LogP contribution in [0.15, 0.2) is 140 Å². The summed E-state index contributed by atoms with van der Waals surface area (Å²) in [6.07, 6.45) is 15.6. The van der Waals surface area contributed by atoms with Crippen LogP contribution < -0.4 is 29.1 Å². The third-order valence-electron chi connectivity index (χ3n) is 17.0. The molecule has 3 saturated heterocycles. The van der Waals surface area contributed by atoms with Gasteiger partial charge in [-0.3, -0.25) is 14.6 Å². The largest absolute Gasteiger partial charge is 0.457 e. The number of ether oxygens (including phenoxy) is 3. The van der Waals surface area contributed by atoms with E-state index in [2.05, 4.69) is 137 Å². The summed E-state index contributed by atoms with van der Waals surface area (Å²) in [5.74, 6) is 2.13. The quantitative estimate of drug-likeness (QED) is 0.0701. The van der Waals surface area contributed by atoms with E-state index in [1.807, 2.05) is 16.8 Å². The van der Waals surface area contributed by atoms with Crippen LogP contribution in [0.4, 0.5) is 23.0 Å². The Kier molecular flexibility index (Phi) is 26.2. The molecule has 13 rings (SSSR count). The second kappa shape index (κ2) is 33.4. The van der Waals surface area contributed by atoms with E-state index in [4.69, 9.17) is 47.3 Å². The number of hydrogen-bond acceptors (Lipinski definition) is 15. The molecule has 2 amide bonds. The maximum Gasteiger partial charge on any atom is 0.319 e. The van der Waals surface area contributed by atoms with Crippen LogP contribution in [0.1, 0.15) is 90.0 Å². The van der Waals surface area contributed by atoms with Crippen molar-refractivity contribution in [3.8, 4) is 12.0 Å². The summed E-state index contributed by atoms with van der Waals surface area (Å²) in [4.78, 5) is 73.7. The smallest absolute Gasteiger partial charge is 0.319 e. The van der Waals surface area contributed by atoms with Crippen molar-refractivity contribution in [1.29, 1.82) is 0 Å². The number of hydrogen-bond donors (Lipinski definition) is 0. The average Bonchev–Trinajstić information content (AvgIpc) is 1.33. The van der Waals surface area contributed by atoms with Crippen molar-refractivity contribution < 1.29 is 23.8 Å². The van der Waals surface area contributed by atoms with Gasteiger partial charge in [0.05, 0.1) is 30.2 Å². The lowest BCUT2D eigenvalue weighted by Crippen LogP contribution is -2.56. The van der Waals surface area contributed by atoms with E-state index in [1.54, 1.807) is 22.2 Å². The highest BCUT2D eigenvalue weighted by atomic mass is 32.1. The molecule has 0 radical (unpaired) electrons. The van der Waals surface area contributed by atoms with Crippen LogP contribution in [0.2, 0.25) is 0 Å². The molecule has 0 N–H and O–H groups in total. The lowest BCUT2D eigenvalue weighted by atomic mass is 10.0. The van der Waals surface area contributed by atoms with Crippen LogP contribution in [0, 0.1) is 13.1 Å². The van der Waals surface area contributed by atoms with Crippen LogP contribution in [-0.2, 0) is 46.9 Å².